The van der Waals surface area contributed by atoms with Gasteiger partial charge in [-0.05, 0) is 37.1 Å². The first kappa shape index (κ1) is 15.5. The number of anilines is 1. The number of hydrogen-bond donors (Lipinski definition) is 2. The highest BCUT2D eigenvalue weighted by Crippen LogP contribution is 2.34. The van der Waals surface area contributed by atoms with E-state index in [9.17, 15) is 14.4 Å². The Balaban J connectivity index is 2.09. The van der Waals surface area contributed by atoms with Crippen molar-refractivity contribution in [2.75, 3.05) is 12.4 Å². The lowest BCUT2D eigenvalue weighted by atomic mass is 10.0. The number of aliphatic carboxylic acids is 1. The van der Waals surface area contributed by atoms with Gasteiger partial charge in [0, 0.05) is 5.92 Å². The molecule has 1 saturated carbocycles. The summed E-state index contributed by atoms with van der Waals surface area (Å²) in [7, 11) is 1.29. The minimum Gasteiger partial charge on any atom is -0.481 e. The van der Waals surface area contributed by atoms with E-state index in [-0.39, 0.29) is 11.8 Å². The van der Waals surface area contributed by atoms with Gasteiger partial charge < -0.3 is 15.2 Å². The van der Waals surface area contributed by atoms with Crippen LogP contribution in [0.2, 0.25) is 0 Å². The van der Waals surface area contributed by atoms with Crippen molar-refractivity contribution in [3.05, 3.63) is 15.8 Å². The predicted octanol–water partition coefficient (Wildman–Crippen LogP) is 2.28. The van der Waals surface area contributed by atoms with Crippen molar-refractivity contribution < 1.29 is 24.2 Å². The summed E-state index contributed by atoms with van der Waals surface area (Å²) in [6.07, 6.45) is 1.41. The molecule has 0 saturated heterocycles. The number of carboxylic acids is 1. The lowest BCUT2D eigenvalue weighted by Gasteiger charge is -2.12. The minimum absolute atomic E-state index is 0.231. The van der Waals surface area contributed by atoms with Gasteiger partial charge in [-0.1, -0.05) is 0 Å². The van der Waals surface area contributed by atoms with Crippen molar-refractivity contribution >= 4 is 34.9 Å². The fourth-order valence-electron chi connectivity index (χ4n) is 2.51. The van der Waals surface area contributed by atoms with Crippen LogP contribution < -0.4 is 5.32 Å². The zero-order chi connectivity index (χ0) is 15.6. The Kier molecular flexibility index (Phi) is 4.62. The first-order chi connectivity index (χ1) is 9.93. The van der Waals surface area contributed by atoms with E-state index in [2.05, 4.69) is 10.1 Å². The van der Waals surface area contributed by atoms with E-state index in [4.69, 9.17) is 5.11 Å². The third kappa shape index (κ3) is 3.24. The SMILES string of the molecule is COC(=O)c1scc(C)c1NC(=O)[C@@H]1CC[C@H](C(=O)O)C1. The van der Waals surface area contributed by atoms with Crippen LogP contribution in [-0.2, 0) is 14.3 Å². The molecular formula is C14H17NO5S. The highest BCUT2D eigenvalue weighted by Gasteiger charge is 2.34. The number of rotatable bonds is 4. The van der Waals surface area contributed by atoms with Crippen molar-refractivity contribution in [2.45, 2.75) is 26.2 Å². The Morgan fingerprint density at radius 2 is 2.00 bits per heavy atom. The van der Waals surface area contributed by atoms with Crippen molar-refractivity contribution in [2.24, 2.45) is 11.8 Å². The molecule has 1 aromatic heterocycles. The van der Waals surface area contributed by atoms with Gasteiger partial charge >= 0.3 is 11.9 Å². The average Bonchev–Trinajstić information content (AvgIpc) is 3.06. The topological polar surface area (TPSA) is 92.7 Å². The summed E-state index contributed by atoms with van der Waals surface area (Å²) in [5.41, 5.74) is 1.26. The molecule has 2 atom stereocenters. The van der Waals surface area contributed by atoms with Crippen molar-refractivity contribution in [3.63, 3.8) is 0 Å². The number of carboxylic acid groups (broad SMARTS) is 1. The van der Waals surface area contributed by atoms with Crippen molar-refractivity contribution in [1.82, 2.24) is 0 Å². The molecule has 114 valence electrons. The van der Waals surface area contributed by atoms with Crippen LogP contribution in [0.1, 0.15) is 34.5 Å². The fourth-order valence-corrected chi connectivity index (χ4v) is 3.43. The Hall–Kier alpha value is -1.89. The van der Waals surface area contributed by atoms with E-state index in [0.717, 1.165) is 5.56 Å². The number of carbonyl (C=O) groups is 3. The molecule has 1 heterocycles. The monoisotopic (exact) mass is 311 g/mol. The number of nitrogens with one attached hydrogen (secondary N) is 1. The summed E-state index contributed by atoms with van der Waals surface area (Å²) >= 11 is 1.22. The van der Waals surface area contributed by atoms with E-state index in [1.807, 2.05) is 0 Å². The molecule has 0 aromatic carbocycles. The molecule has 6 nitrogen and oxygen atoms in total. The summed E-state index contributed by atoms with van der Waals surface area (Å²) in [5, 5.41) is 13.5. The molecule has 1 aliphatic rings. The van der Waals surface area contributed by atoms with E-state index >= 15 is 0 Å². The molecule has 0 spiro atoms. The Morgan fingerprint density at radius 1 is 1.33 bits per heavy atom. The minimum atomic E-state index is -0.854. The third-order valence-electron chi connectivity index (χ3n) is 3.75. The normalized spacial score (nSPS) is 21.0. The first-order valence-electron chi connectivity index (χ1n) is 6.64. The van der Waals surface area contributed by atoms with Crippen LogP contribution in [-0.4, -0.2) is 30.1 Å². The lowest BCUT2D eigenvalue weighted by Crippen LogP contribution is -2.22. The second-order valence-corrected chi connectivity index (χ2v) is 6.03. The quantitative estimate of drug-likeness (QED) is 0.832. The zero-order valence-corrected chi connectivity index (χ0v) is 12.7. The summed E-state index contributed by atoms with van der Waals surface area (Å²) in [4.78, 5) is 35.2. The van der Waals surface area contributed by atoms with Gasteiger partial charge in [0.2, 0.25) is 5.91 Å². The highest BCUT2D eigenvalue weighted by atomic mass is 32.1. The number of ether oxygens (including phenoxy) is 1. The third-order valence-corrected chi connectivity index (χ3v) is 4.82. The molecular weight excluding hydrogens is 294 g/mol. The van der Waals surface area contributed by atoms with Crippen LogP contribution in [0.3, 0.4) is 0 Å². The average molecular weight is 311 g/mol. The van der Waals surface area contributed by atoms with Crippen molar-refractivity contribution in [3.8, 4) is 0 Å². The maximum absolute atomic E-state index is 12.2. The molecule has 1 fully saturated rings. The van der Waals surface area contributed by atoms with E-state index in [1.165, 1.54) is 18.4 Å². The maximum Gasteiger partial charge on any atom is 0.350 e. The molecule has 1 amide bonds. The molecule has 21 heavy (non-hydrogen) atoms. The summed E-state index contributed by atoms with van der Waals surface area (Å²) in [5.74, 6) is -2.35. The van der Waals surface area contributed by atoms with E-state index < -0.39 is 17.9 Å². The van der Waals surface area contributed by atoms with Gasteiger partial charge in [0.25, 0.3) is 0 Å². The molecule has 7 heteroatoms. The number of methoxy groups -OCH3 is 1. The summed E-state index contributed by atoms with van der Waals surface area (Å²) < 4.78 is 4.69. The number of amides is 1. The van der Waals surface area contributed by atoms with Gasteiger partial charge in [-0.25, -0.2) is 4.79 Å². The second kappa shape index (κ2) is 6.26. The number of esters is 1. The smallest absolute Gasteiger partial charge is 0.350 e. The van der Waals surface area contributed by atoms with Crippen LogP contribution in [0.4, 0.5) is 5.69 Å². The maximum atomic E-state index is 12.2. The highest BCUT2D eigenvalue weighted by molar-refractivity contribution is 7.12. The molecule has 0 radical (unpaired) electrons. The number of aryl methyl sites for hydroxylation is 1. The summed E-state index contributed by atoms with van der Waals surface area (Å²) in [6, 6.07) is 0. The predicted molar refractivity (Wildman–Crippen MR) is 77.5 cm³/mol. The van der Waals surface area contributed by atoms with Crippen LogP contribution in [0.25, 0.3) is 0 Å². The standard InChI is InChI=1S/C14H17NO5S/c1-7-6-21-11(14(19)20-2)10(7)15-12(16)8-3-4-9(5-8)13(17)18/h6,8-9H,3-5H2,1-2H3,(H,15,16)(H,17,18)/t8-,9+/m1/s1. The van der Waals surface area contributed by atoms with Gasteiger partial charge in [0.15, 0.2) is 0 Å². The molecule has 2 rings (SSSR count). The number of thiophene rings is 1. The van der Waals surface area contributed by atoms with Crippen molar-refractivity contribution in [1.29, 1.82) is 0 Å². The van der Waals surface area contributed by atoms with Crippen LogP contribution in [0.15, 0.2) is 5.38 Å². The fraction of sp³-hybridized carbons (Fsp3) is 0.500. The Labute approximate surface area is 126 Å². The van der Waals surface area contributed by atoms with Gasteiger partial charge in [-0.15, -0.1) is 11.3 Å². The van der Waals surface area contributed by atoms with Crippen LogP contribution in [0.5, 0.6) is 0 Å². The zero-order valence-electron chi connectivity index (χ0n) is 11.8. The Bertz CT molecular complexity index is 580. The van der Waals surface area contributed by atoms with E-state index in [0.29, 0.717) is 29.8 Å². The molecule has 1 aliphatic carbocycles. The van der Waals surface area contributed by atoms with Crippen LogP contribution >= 0.6 is 11.3 Å². The molecule has 2 N–H and O–H groups in total. The largest absolute Gasteiger partial charge is 0.481 e. The van der Waals surface area contributed by atoms with Crippen LogP contribution in [0, 0.1) is 18.8 Å². The lowest BCUT2D eigenvalue weighted by molar-refractivity contribution is -0.141. The van der Waals surface area contributed by atoms with Gasteiger partial charge in [0.1, 0.15) is 4.88 Å². The van der Waals surface area contributed by atoms with Gasteiger partial charge in [-0.2, -0.15) is 0 Å². The number of carbonyl (C=O) groups excluding carboxylic acids is 2. The number of hydrogen-bond acceptors (Lipinski definition) is 5. The summed E-state index contributed by atoms with van der Waals surface area (Å²) in [6.45, 7) is 1.80. The first-order valence-corrected chi connectivity index (χ1v) is 7.52. The molecule has 0 bridgehead atoms. The molecule has 1 aromatic rings. The molecule has 0 unspecified atom stereocenters. The Morgan fingerprint density at radius 3 is 2.57 bits per heavy atom. The second-order valence-electron chi connectivity index (χ2n) is 5.15. The van der Waals surface area contributed by atoms with E-state index in [1.54, 1.807) is 12.3 Å². The molecule has 0 aliphatic heterocycles. The van der Waals surface area contributed by atoms with Gasteiger partial charge in [0.05, 0.1) is 18.7 Å². The van der Waals surface area contributed by atoms with Gasteiger partial charge in [-0.3, -0.25) is 9.59 Å².